The van der Waals surface area contributed by atoms with Gasteiger partial charge in [-0.05, 0) is 25.8 Å². The number of thioether (sulfide) groups is 1. The first-order valence-electron chi connectivity index (χ1n) is 8.43. The molecule has 4 nitrogen and oxygen atoms in total. The second-order valence-electron chi connectivity index (χ2n) is 6.70. The van der Waals surface area contributed by atoms with Crippen LogP contribution in [0.25, 0.3) is 0 Å². The summed E-state index contributed by atoms with van der Waals surface area (Å²) in [5.74, 6) is 0.473. The molecule has 6 heteroatoms. The van der Waals surface area contributed by atoms with E-state index in [1.807, 2.05) is 6.92 Å². The van der Waals surface area contributed by atoms with Gasteiger partial charge < -0.3 is 9.47 Å². The topological polar surface area (TPSA) is 38.1 Å². The fraction of sp³-hybridized carbons (Fsp3) is 0.474. The molecule has 0 saturated carbocycles. The Hall–Kier alpha value is -1.82. The molecule has 25 heavy (non-hydrogen) atoms. The fourth-order valence-corrected chi connectivity index (χ4v) is 3.56. The highest BCUT2D eigenvalue weighted by Gasteiger charge is 2.16. The van der Waals surface area contributed by atoms with Crippen LogP contribution in [-0.4, -0.2) is 33.2 Å². The van der Waals surface area contributed by atoms with Crippen LogP contribution in [0.2, 0.25) is 0 Å². The van der Waals surface area contributed by atoms with Gasteiger partial charge in [-0.2, -0.15) is 0 Å². The minimum atomic E-state index is -0.284. The average Bonchev–Trinajstić information content (AvgIpc) is 2.82. The first kappa shape index (κ1) is 19.5. The van der Waals surface area contributed by atoms with E-state index in [0.29, 0.717) is 17.2 Å². The number of rotatable bonds is 7. The number of imidazole rings is 1. The predicted octanol–water partition coefficient (Wildman–Crippen LogP) is 4.05. The van der Waals surface area contributed by atoms with Gasteiger partial charge in [0, 0.05) is 31.4 Å². The fourth-order valence-electron chi connectivity index (χ4n) is 2.52. The molecule has 0 fully saturated rings. The van der Waals surface area contributed by atoms with Crippen molar-refractivity contribution in [3.8, 4) is 0 Å². The molecule has 136 valence electrons. The Labute approximate surface area is 153 Å². The average molecular weight is 364 g/mol. The Morgan fingerprint density at radius 1 is 1.32 bits per heavy atom. The van der Waals surface area contributed by atoms with Gasteiger partial charge in [0.2, 0.25) is 5.91 Å². The molecule has 1 aromatic carbocycles. The third-order valence-corrected chi connectivity index (χ3v) is 5.05. The number of carbonyl (C=O) groups excluding carboxylic acids is 1. The lowest BCUT2D eigenvalue weighted by Crippen LogP contribution is -2.28. The summed E-state index contributed by atoms with van der Waals surface area (Å²) in [7, 11) is 1.70. The molecule has 0 N–H and O–H groups in total. The molecule has 2 aromatic rings. The summed E-state index contributed by atoms with van der Waals surface area (Å²) in [4.78, 5) is 18.5. The normalized spacial score (nSPS) is 11.2. The van der Waals surface area contributed by atoms with Crippen molar-refractivity contribution in [2.45, 2.75) is 45.9 Å². The van der Waals surface area contributed by atoms with E-state index >= 15 is 0 Å². The highest BCUT2D eigenvalue weighted by Crippen LogP contribution is 2.23. The summed E-state index contributed by atoms with van der Waals surface area (Å²) < 4.78 is 15.9. The molecule has 0 unspecified atom stereocenters. The molecule has 0 spiro atoms. The van der Waals surface area contributed by atoms with Gasteiger partial charge in [-0.25, -0.2) is 9.37 Å². The predicted molar refractivity (Wildman–Crippen MR) is 100 cm³/mol. The maximum absolute atomic E-state index is 13.7. The molecule has 0 aliphatic carbocycles. The van der Waals surface area contributed by atoms with E-state index in [0.717, 1.165) is 23.1 Å². The summed E-state index contributed by atoms with van der Waals surface area (Å²) in [5.41, 5.74) is 2.66. The smallest absolute Gasteiger partial charge is 0.233 e. The van der Waals surface area contributed by atoms with Gasteiger partial charge >= 0.3 is 0 Å². The molecule has 2 rings (SSSR count). The summed E-state index contributed by atoms with van der Waals surface area (Å²) in [6, 6.07) is 6.54. The third kappa shape index (κ3) is 5.08. The number of hydrogen-bond donors (Lipinski definition) is 0. The van der Waals surface area contributed by atoms with Crippen LogP contribution in [0, 0.1) is 25.6 Å². The number of hydrogen-bond acceptors (Lipinski definition) is 3. The second kappa shape index (κ2) is 8.52. The van der Waals surface area contributed by atoms with Gasteiger partial charge in [0.25, 0.3) is 0 Å². The van der Waals surface area contributed by atoms with Crippen molar-refractivity contribution in [3.05, 3.63) is 47.0 Å². The number of halogens is 1. The first-order valence-corrected chi connectivity index (χ1v) is 9.42. The molecule has 1 heterocycles. The van der Waals surface area contributed by atoms with Crippen molar-refractivity contribution in [2.75, 3.05) is 12.8 Å². The number of benzene rings is 1. The number of aryl methyl sites for hydroxylation is 1. The number of carbonyl (C=O) groups is 1. The minimum Gasteiger partial charge on any atom is -0.341 e. The van der Waals surface area contributed by atoms with E-state index in [4.69, 9.17) is 0 Å². The summed E-state index contributed by atoms with van der Waals surface area (Å²) in [5, 5.41) is 0.872. The SMILES string of the molecule is Cc1nc(SCC(=O)N(C)Cc2ccccc2F)n(CC(C)C)c1C. The molecule has 0 aliphatic rings. The molecule has 0 atom stereocenters. The van der Waals surface area contributed by atoms with E-state index in [1.165, 1.54) is 17.8 Å². The Bertz CT molecular complexity index is 742. The molecule has 1 aromatic heterocycles. The lowest BCUT2D eigenvalue weighted by atomic mass is 10.2. The molecule has 0 bridgehead atoms. The van der Waals surface area contributed by atoms with Gasteiger partial charge in [-0.3, -0.25) is 4.79 Å². The van der Waals surface area contributed by atoms with Gasteiger partial charge in [0.05, 0.1) is 11.4 Å². The zero-order valence-electron chi connectivity index (χ0n) is 15.5. The van der Waals surface area contributed by atoms with Crippen molar-refractivity contribution < 1.29 is 9.18 Å². The van der Waals surface area contributed by atoms with Crippen molar-refractivity contribution in [1.82, 2.24) is 14.5 Å². The molecular weight excluding hydrogens is 337 g/mol. The Balaban J connectivity index is 2.00. The number of nitrogens with zero attached hydrogens (tertiary/aromatic N) is 3. The van der Waals surface area contributed by atoms with Gasteiger partial charge in [0.15, 0.2) is 5.16 Å². The van der Waals surface area contributed by atoms with Gasteiger partial charge in [-0.1, -0.05) is 43.8 Å². The van der Waals surface area contributed by atoms with Crippen LogP contribution < -0.4 is 0 Å². The van der Waals surface area contributed by atoms with E-state index in [2.05, 4.69) is 30.3 Å². The Morgan fingerprint density at radius 3 is 2.64 bits per heavy atom. The molecule has 0 aliphatic heterocycles. The zero-order chi connectivity index (χ0) is 18.6. The first-order chi connectivity index (χ1) is 11.8. The summed E-state index contributed by atoms with van der Waals surface area (Å²) >= 11 is 1.44. The second-order valence-corrected chi connectivity index (χ2v) is 7.64. The van der Waals surface area contributed by atoms with E-state index < -0.39 is 0 Å². The van der Waals surface area contributed by atoms with Crippen LogP contribution in [0.4, 0.5) is 4.39 Å². The van der Waals surface area contributed by atoms with Crippen molar-refractivity contribution >= 4 is 17.7 Å². The molecule has 0 radical (unpaired) electrons. The van der Waals surface area contributed by atoms with Crippen molar-refractivity contribution in [3.63, 3.8) is 0 Å². The number of aromatic nitrogens is 2. The Kier molecular flexibility index (Phi) is 6.64. The molecular formula is C19H26FN3OS. The molecule has 0 saturated heterocycles. The molecule has 1 amide bonds. The summed E-state index contributed by atoms with van der Waals surface area (Å²) in [6.07, 6.45) is 0. The quantitative estimate of drug-likeness (QED) is 0.697. The Morgan fingerprint density at radius 2 is 2.00 bits per heavy atom. The van der Waals surface area contributed by atoms with Crippen LogP contribution in [0.15, 0.2) is 29.4 Å². The number of amides is 1. The van der Waals surface area contributed by atoms with Gasteiger partial charge in [-0.15, -0.1) is 0 Å². The van der Waals surface area contributed by atoms with E-state index in [9.17, 15) is 9.18 Å². The monoisotopic (exact) mass is 363 g/mol. The van der Waals surface area contributed by atoms with E-state index in [1.54, 1.807) is 30.1 Å². The largest absolute Gasteiger partial charge is 0.341 e. The van der Waals surface area contributed by atoms with Crippen molar-refractivity contribution in [2.24, 2.45) is 5.92 Å². The van der Waals surface area contributed by atoms with Crippen LogP contribution in [0.3, 0.4) is 0 Å². The lowest BCUT2D eigenvalue weighted by Gasteiger charge is -2.18. The lowest BCUT2D eigenvalue weighted by molar-refractivity contribution is -0.127. The maximum Gasteiger partial charge on any atom is 0.233 e. The van der Waals surface area contributed by atoms with Gasteiger partial charge in [0.1, 0.15) is 5.82 Å². The minimum absolute atomic E-state index is 0.0392. The van der Waals surface area contributed by atoms with Crippen LogP contribution in [0.5, 0.6) is 0 Å². The van der Waals surface area contributed by atoms with Crippen LogP contribution >= 0.6 is 11.8 Å². The van der Waals surface area contributed by atoms with Crippen LogP contribution in [0.1, 0.15) is 30.8 Å². The maximum atomic E-state index is 13.7. The highest BCUT2D eigenvalue weighted by atomic mass is 32.2. The standard InChI is InChI=1S/C19H26FN3OS/c1-13(2)10-23-15(4)14(3)21-19(23)25-12-18(24)22(5)11-16-8-6-7-9-17(16)20/h6-9,13H,10-12H2,1-5H3. The van der Waals surface area contributed by atoms with E-state index in [-0.39, 0.29) is 18.3 Å². The van der Waals surface area contributed by atoms with Crippen molar-refractivity contribution in [1.29, 1.82) is 0 Å². The summed E-state index contributed by atoms with van der Waals surface area (Å²) in [6.45, 7) is 9.52. The van der Waals surface area contributed by atoms with Crippen LogP contribution in [-0.2, 0) is 17.9 Å². The third-order valence-electron chi connectivity index (χ3n) is 4.09. The highest BCUT2D eigenvalue weighted by molar-refractivity contribution is 7.99. The zero-order valence-corrected chi connectivity index (χ0v) is 16.4.